The van der Waals surface area contributed by atoms with Crippen molar-refractivity contribution in [3.8, 4) is 0 Å². The Kier molecular flexibility index (Phi) is 4.64. The molecule has 132 valence electrons. The number of nitrogens with one attached hydrogen (secondary N) is 2. The molecule has 2 N–H and O–H groups in total. The zero-order chi connectivity index (χ0) is 18.0. The molecule has 0 aliphatic carbocycles. The van der Waals surface area contributed by atoms with Crippen LogP contribution in [0.1, 0.15) is 31.3 Å². The van der Waals surface area contributed by atoms with Crippen LogP contribution in [-0.2, 0) is 23.0 Å². The molecule has 9 nitrogen and oxygen atoms in total. The Hall–Kier alpha value is -2.97. The number of esters is 1. The maximum atomic E-state index is 12.2. The minimum atomic E-state index is -0.608. The van der Waals surface area contributed by atoms with Gasteiger partial charge >= 0.3 is 5.97 Å². The number of aryl methyl sites for hydroxylation is 1. The van der Waals surface area contributed by atoms with E-state index in [1.54, 1.807) is 23.4 Å². The molecule has 3 aromatic heterocycles. The fraction of sp³-hybridized carbons (Fsp3) is 0.438. The summed E-state index contributed by atoms with van der Waals surface area (Å²) < 4.78 is 6.62. The molecule has 0 aliphatic rings. The number of carbonyl (C=O) groups is 1. The third kappa shape index (κ3) is 3.44. The van der Waals surface area contributed by atoms with E-state index < -0.39 is 6.04 Å². The Morgan fingerprint density at radius 2 is 2.16 bits per heavy atom. The topological polar surface area (TPSA) is 111 Å². The molecule has 0 unspecified atom stereocenters. The lowest BCUT2D eigenvalue weighted by molar-refractivity contribution is -0.141. The van der Waals surface area contributed by atoms with Crippen LogP contribution in [0.15, 0.2) is 18.7 Å². The van der Waals surface area contributed by atoms with Gasteiger partial charge in [0.25, 0.3) is 0 Å². The maximum Gasteiger partial charge on any atom is 0.328 e. The number of hydrogen-bond acceptors (Lipinski definition) is 7. The van der Waals surface area contributed by atoms with Crippen molar-refractivity contribution in [1.29, 1.82) is 0 Å². The molecular weight excluding hydrogens is 322 g/mol. The molecule has 1 atom stereocenters. The lowest BCUT2D eigenvalue weighted by Crippen LogP contribution is -2.33. The summed E-state index contributed by atoms with van der Waals surface area (Å²) in [5.41, 5.74) is 1.54. The fourth-order valence-corrected chi connectivity index (χ4v) is 2.52. The molecule has 0 amide bonds. The second-order valence-corrected chi connectivity index (χ2v) is 6.09. The number of fused-ring (bicyclic) bond motifs is 1. The molecule has 0 fully saturated rings. The third-order valence-corrected chi connectivity index (χ3v) is 3.90. The largest absolute Gasteiger partial charge is 0.467 e. The van der Waals surface area contributed by atoms with Gasteiger partial charge < -0.3 is 15.0 Å². The molecule has 3 heterocycles. The van der Waals surface area contributed by atoms with E-state index in [0.29, 0.717) is 23.7 Å². The lowest BCUT2D eigenvalue weighted by atomic mass is 10.1. The number of nitrogens with zero attached hydrogens (tertiary/aromatic N) is 5. The summed E-state index contributed by atoms with van der Waals surface area (Å²) in [5.74, 6) is 1.01. The first-order chi connectivity index (χ1) is 12.0. The van der Waals surface area contributed by atoms with Gasteiger partial charge in [-0.25, -0.2) is 19.7 Å². The van der Waals surface area contributed by atoms with Gasteiger partial charge in [0.15, 0.2) is 5.65 Å². The summed E-state index contributed by atoms with van der Waals surface area (Å²) in [6.07, 6.45) is 5.34. The Morgan fingerprint density at radius 3 is 2.80 bits per heavy atom. The van der Waals surface area contributed by atoms with Gasteiger partial charge in [0.05, 0.1) is 25.0 Å². The first kappa shape index (κ1) is 16.9. The van der Waals surface area contributed by atoms with E-state index in [2.05, 4.69) is 30.4 Å². The molecule has 9 heteroatoms. The zero-order valence-corrected chi connectivity index (χ0v) is 14.6. The smallest absolute Gasteiger partial charge is 0.328 e. The van der Waals surface area contributed by atoms with Gasteiger partial charge in [-0.2, -0.15) is 5.10 Å². The van der Waals surface area contributed by atoms with E-state index in [4.69, 9.17) is 4.74 Å². The summed E-state index contributed by atoms with van der Waals surface area (Å²) in [7, 11) is 3.19. The molecule has 0 aromatic carbocycles. The fourth-order valence-electron chi connectivity index (χ4n) is 2.52. The van der Waals surface area contributed by atoms with Gasteiger partial charge in [-0.05, 0) is 0 Å². The van der Waals surface area contributed by atoms with Crippen LogP contribution in [0.25, 0.3) is 11.0 Å². The van der Waals surface area contributed by atoms with Crippen LogP contribution in [0, 0.1) is 0 Å². The first-order valence-electron chi connectivity index (χ1n) is 8.00. The Morgan fingerprint density at radius 1 is 1.36 bits per heavy atom. The van der Waals surface area contributed by atoms with Crippen molar-refractivity contribution >= 4 is 22.8 Å². The highest BCUT2D eigenvalue weighted by molar-refractivity contribution is 5.89. The molecular formula is C16H21N7O2. The number of imidazole rings is 1. The summed E-state index contributed by atoms with van der Waals surface area (Å²) in [6, 6.07) is -0.608. The molecule has 3 aromatic rings. The van der Waals surface area contributed by atoms with E-state index >= 15 is 0 Å². The van der Waals surface area contributed by atoms with Crippen molar-refractivity contribution in [3.63, 3.8) is 0 Å². The highest BCUT2D eigenvalue weighted by Gasteiger charge is 2.23. The van der Waals surface area contributed by atoms with E-state index in [-0.39, 0.29) is 11.9 Å². The minimum Gasteiger partial charge on any atom is -0.467 e. The molecule has 0 radical (unpaired) electrons. The van der Waals surface area contributed by atoms with Crippen LogP contribution in [0.3, 0.4) is 0 Å². The van der Waals surface area contributed by atoms with Gasteiger partial charge in [0, 0.05) is 31.3 Å². The number of ether oxygens (including phenoxy) is 1. The Labute approximate surface area is 144 Å². The second-order valence-electron chi connectivity index (χ2n) is 6.09. The predicted octanol–water partition coefficient (Wildman–Crippen LogP) is 1.41. The molecule has 0 saturated heterocycles. The van der Waals surface area contributed by atoms with Crippen LogP contribution in [0.4, 0.5) is 5.82 Å². The lowest BCUT2D eigenvalue weighted by Gasteiger charge is -2.18. The third-order valence-electron chi connectivity index (χ3n) is 3.90. The molecule has 0 spiro atoms. The van der Waals surface area contributed by atoms with E-state index in [9.17, 15) is 4.79 Å². The number of aromatic amines is 1. The Bertz CT molecular complexity index is 870. The number of H-pyrrole nitrogens is 1. The monoisotopic (exact) mass is 343 g/mol. The quantitative estimate of drug-likeness (QED) is 0.651. The Balaban J connectivity index is 1.99. The van der Waals surface area contributed by atoms with E-state index in [1.165, 1.54) is 7.11 Å². The van der Waals surface area contributed by atoms with Gasteiger partial charge in [0.1, 0.15) is 17.7 Å². The van der Waals surface area contributed by atoms with Crippen LogP contribution in [0.5, 0.6) is 0 Å². The van der Waals surface area contributed by atoms with Gasteiger partial charge in [-0.1, -0.05) is 13.8 Å². The summed E-state index contributed by atoms with van der Waals surface area (Å²) in [5, 5.41) is 8.19. The van der Waals surface area contributed by atoms with Crippen LogP contribution in [0.2, 0.25) is 0 Å². The predicted molar refractivity (Wildman–Crippen MR) is 92.1 cm³/mol. The first-order valence-corrected chi connectivity index (χ1v) is 8.00. The van der Waals surface area contributed by atoms with Crippen molar-refractivity contribution in [2.24, 2.45) is 7.05 Å². The molecule has 0 saturated carbocycles. The zero-order valence-electron chi connectivity index (χ0n) is 14.6. The number of carbonyl (C=O) groups excluding carboxylic acids is 1. The average Bonchev–Trinajstić information content (AvgIpc) is 3.23. The van der Waals surface area contributed by atoms with Crippen LogP contribution >= 0.6 is 0 Å². The van der Waals surface area contributed by atoms with Gasteiger partial charge in [-0.15, -0.1) is 0 Å². The highest BCUT2D eigenvalue weighted by Crippen LogP contribution is 2.23. The van der Waals surface area contributed by atoms with Crippen molar-refractivity contribution in [3.05, 3.63) is 30.2 Å². The number of methoxy groups -OCH3 is 1. The van der Waals surface area contributed by atoms with Crippen molar-refractivity contribution in [2.75, 3.05) is 12.4 Å². The normalized spacial score (nSPS) is 12.5. The number of anilines is 1. The van der Waals surface area contributed by atoms with Crippen molar-refractivity contribution in [1.82, 2.24) is 29.7 Å². The summed E-state index contributed by atoms with van der Waals surface area (Å²) >= 11 is 0. The average molecular weight is 343 g/mol. The van der Waals surface area contributed by atoms with Gasteiger partial charge in [0.2, 0.25) is 0 Å². The van der Waals surface area contributed by atoms with E-state index in [1.807, 2.05) is 20.9 Å². The molecule has 3 rings (SSSR count). The molecule has 0 aliphatic heterocycles. The number of aromatic nitrogens is 6. The standard InChI is InChI=1S/C16H21N7O2/c1-9(2)13-21-14(11-7-19-23(3)15(11)22-13)20-12(16(24)25-4)5-10-6-17-8-18-10/h6-9,12H,5H2,1-4H3,(H,17,18)(H,20,21,22)/t12-/m0/s1. The highest BCUT2D eigenvalue weighted by atomic mass is 16.5. The van der Waals surface area contributed by atoms with Crippen LogP contribution in [-0.4, -0.2) is 48.8 Å². The molecule has 25 heavy (non-hydrogen) atoms. The van der Waals surface area contributed by atoms with Gasteiger partial charge in [-0.3, -0.25) is 4.68 Å². The van der Waals surface area contributed by atoms with Crippen molar-refractivity contribution in [2.45, 2.75) is 32.2 Å². The SMILES string of the molecule is COC(=O)[C@H](Cc1cnc[nH]1)Nc1nc(C(C)C)nc2c1cnn2C. The summed E-state index contributed by atoms with van der Waals surface area (Å²) in [4.78, 5) is 28.3. The summed E-state index contributed by atoms with van der Waals surface area (Å²) in [6.45, 7) is 4.04. The van der Waals surface area contributed by atoms with Crippen molar-refractivity contribution < 1.29 is 9.53 Å². The minimum absolute atomic E-state index is 0.143. The van der Waals surface area contributed by atoms with Crippen LogP contribution < -0.4 is 5.32 Å². The maximum absolute atomic E-state index is 12.2. The number of rotatable bonds is 6. The van der Waals surface area contributed by atoms with E-state index in [0.717, 1.165) is 11.1 Å². The second kappa shape index (κ2) is 6.88. The number of hydrogen-bond donors (Lipinski definition) is 2. The molecule has 0 bridgehead atoms.